The molecule has 26 heavy (non-hydrogen) atoms. The fraction of sp³-hybridized carbons (Fsp3) is 0.278. The summed E-state index contributed by atoms with van der Waals surface area (Å²) >= 11 is 5.68. The minimum Gasteiger partial charge on any atom is -0.312 e. The van der Waals surface area contributed by atoms with Gasteiger partial charge in [0, 0.05) is 18.7 Å². The van der Waals surface area contributed by atoms with Crippen molar-refractivity contribution in [1.29, 1.82) is 0 Å². The first kappa shape index (κ1) is 18.7. The number of anilines is 2. The molecule has 0 saturated carbocycles. The molecule has 0 aliphatic carbocycles. The molecular weight excluding hydrogens is 379 g/mol. The number of nitrogens with one attached hydrogen (secondary N) is 1. The maximum atomic E-state index is 13.3. The Balaban J connectivity index is 1.91. The lowest BCUT2D eigenvalue weighted by molar-refractivity contribution is -0.119. The van der Waals surface area contributed by atoms with Crippen LogP contribution in [0, 0.1) is 12.7 Å². The largest absolute Gasteiger partial charge is 0.312 e. The Labute approximate surface area is 156 Å². The summed E-state index contributed by atoms with van der Waals surface area (Å²) in [5.74, 6) is -0.656. The fourth-order valence-corrected chi connectivity index (χ4v) is 4.20. The van der Waals surface area contributed by atoms with E-state index < -0.39 is 15.8 Å². The molecule has 1 fully saturated rings. The van der Waals surface area contributed by atoms with E-state index in [0.717, 1.165) is 36.6 Å². The molecular formula is C18H18ClFN2O3S. The van der Waals surface area contributed by atoms with Crippen molar-refractivity contribution < 1.29 is 17.6 Å². The van der Waals surface area contributed by atoms with E-state index >= 15 is 0 Å². The predicted molar refractivity (Wildman–Crippen MR) is 99.6 cm³/mol. The molecule has 0 unspecified atom stereocenters. The number of halogens is 2. The molecule has 8 heteroatoms. The third kappa shape index (κ3) is 3.83. The van der Waals surface area contributed by atoms with Crippen molar-refractivity contribution in [3.05, 3.63) is 52.8 Å². The second kappa shape index (κ2) is 7.25. The monoisotopic (exact) mass is 396 g/mol. The summed E-state index contributed by atoms with van der Waals surface area (Å²) in [6.07, 6.45) is 2.27. The van der Waals surface area contributed by atoms with Gasteiger partial charge in [0.1, 0.15) is 5.82 Å². The molecule has 1 amide bonds. The van der Waals surface area contributed by atoms with Crippen LogP contribution in [-0.2, 0) is 14.8 Å². The number of benzene rings is 2. The highest BCUT2D eigenvalue weighted by Gasteiger charge is 2.22. The summed E-state index contributed by atoms with van der Waals surface area (Å²) in [7, 11) is -3.93. The number of hydrogen-bond acceptors (Lipinski definition) is 3. The first-order valence-corrected chi connectivity index (χ1v) is 10.0. The lowest BCUT2D eigenvalue weighted by Crippen LogP contribution is -2.35. The van der Waals surface area contributed by atoms with Crippen molar-refractivity contribution in [3.63, 3.8) is 0 Å². The summed E-state index contributed by atoms with van der Waals surface area (Å²) in [5, 5.41) is -0.267. The van der Waals surface area contributed by atoms with Crippen LogP contribution in [0.1, 0.15) is 24.8 Å². The molecule has 5 nitrogen and oxygen atoms in total. The van der Waals surface area contributed by atoms with Gasteiger partial charge in [0.15, 0.2) is 0 Å². The Morgan fingerprint density at radius 3 is 2.62 bits per heavy atom. The number of hydrogen-bond donors (Lipinski definition) is 1. The van der Waals surface area contributed by atoms with E-state index in [-0.39, 0.29) is 15.8 Å². The Morgan fingerprint density at radius 1 is 1.15 bits per heavy atom. The number of carbonyl (C=O) groups excluding carboxylic acids is 1. The first-order chi connectivity index (χ1) is 12.3. The van der Waals surface area contributed by atoms with E-state index in [1.54, 1.807) is 23.1 Å². The third-order valence-corrected chi connectivity index (χ3v) is 5.95. The van der Waals surface area contributed by atoms with Crippen LogP contribution in [-0.4, -0.2) is 20.9 Å². The van der Waals surface area contributed by atoms with Gasteiger partial charge in [0.25, 0.3) is 10.0 Å². The third-order valence-electron chi connectivity index (χ3n) is 4.28. The lowest BCUT2D eigenvalue weighted by Gasteiger charge is -2.28. The number of carbonyl (C=O) groups is 1. The highest BCUT2D eigenvalue weighted by atomic mass is 35.5. The fourth-order valence-electron chi connectivity index (χ4n) is 2.88. The number of sulfonamides is 1. The average molecular weight is 397 g/mol. The minimum atomic E-state index is -3.93. The van der Waals surface area contributed by atoms with Crippen LogP contribution >= 0.6 is 11.6 Å². The number of piperidine rings is 1. The second-order valence-corrected chi connectivity index (χ2v) is 8.27. The van der Waals surface area contributed by atoms with Gasteiger partial charge in [-0.3, -0.25) is 9.52 Å². The van der Waals surface area contributed by atoms with Gasteiger partial charge in [-0.1, -0.05) is 17.7 Å². The van der Waals surface area contributed by atoms with E-state index in [0.29, 0.717) is 24.3 Å². The van der Waals surface area contributed by atoms with Gasteiger partial charge in [0.05, 0.1) is 15.6 Å². The van der Waals surface area contributed by atoms with E-state index in [2.05, 4.69) is 4.72 Å². The number of nitrogens with zero attached hydrogens (tertiary/aromatic N) is 1. The first-order valence-electron chi connectivity index (χ1n) is 8.17. The summed E-state index contributed by atoms with van der Waals surface area (Å²) in [5.41, 5.74) is 1.89. The highest BCUT2D eigenvalue weighted by Crippen LogP contribution is 2.29. The summed E-state index contributed by atoms with van der Waals surface area (Å²) in [6.45, 7) is 2.48. The molecule has 1 aliphatic rings. The predicted octanol–water partition coefficient (Wildman–Crippen LogP) is 4.11. The Hall–Kier alpha value is -2.12. The zero-order valence-corrected chi connectivity index (χ0v) is 15.7. The topological polar surface area (TPSA) is 66.5 Å². The summed E-state index contributed by atoms with van der Waals surface area (Å²) in [4.78, 5) is 13.7. The quantitative estimate of drug-likeness (QED) is 0.845. The van der Waals surface area contributed by atoms with Crippen LogP contribution < -0.4 is 9.62 Å². The molecule has 138 valence electrons. The molecule has 1 saturated heterocycles. The maximum absolute atomic E-state index is 13.3. The molecule has 0 bridgehead atoms. The second-order valence-electron chi connectivity index (χ2n) is 6.19. The average Bonchev–Trinajstić information content (AvgIpc) is 2.59. The van der Waals surface area contributed by atoms with Crippen LogP contribution in [0.5, 0.6) is 0 Å². The van der Waals surface area contributed by atoms with Crippen LogP contribution in [0.15, 0.2) is 41.3 Å². The molecule has 0 radical (unpaired) electrons. The lowest BCUT2D eigenvalue weighted by atomic mass is 10.1. The Morgan fingerprint density at radius 2 is 1.92 bits per heavy atom. The van der Waals surface area contributed by atoms with Gasteiger partial charge in [-0.2, -0.15) is 0 Å². The summed E-state index contributed by atoms with van der Waals surface area (Å²) < 4.78 is 40.8. The highest BCUT2D eigenvalue weighted by molar-refractivity contribution is 7.92. The normalized spacial score (nSPS) is 15.2. The van der Waals surface area contributed by atoms with E-state index in [1.807, 2.05) is 6.92 Å². The zero-order valence-electron chi connectivity index (χ0n) is 14.1. The van der Waals surface area contributed by atoms with Crippen molar-refractivity contribution >= 4 is 38.9 Å². The smallest absolute Gasteiger partial charge is 0.261 e. The minimum absolute atomic E-state index is 0.0321. The SMILES string of the molecule is Cc1ccc(NS(=O)(=O)c2ccc(F)c(Cl)c2)cc1N1CCCCC1=O. The molecule has 0 spiro atoms. The van der Waals surface area contributed by atoms with Gasteiger partial charge < -0.3 is 4.90 Å². The van der Waals surface area contributed by atoms with Crippen molar-refractivity contribution in [2.45, 2.75) is 31.1 Å². The number of amides is 1. The van der Waals surface area contributed by atoms with Crippen LogP contribution in [0.3, 0.4) is 0 Å². The van der Waals surface area contributed by atoms with Crippen molar-refractivity contribution in [1.82, 2.24) is 0 Å². The van der Waals surface area contributed by atoms with E-state index in [1.165, 1.54) is 0 Å². The number of aryl methyl sites for hydroxylation is 1. The molecule has 2 aromatic rings. The van der Waals surface area contributed by atoms with Crippen LogP contribution in [0.25, 0.3) is 0 Å². The standard InChI is InChI=1S/C18H18ClFN2O3S/c1-12-5-6-13(10-17(12)22-9-3-2-4-18(22)23)21-26(24,25)14-7-8-16(20)15(19)11-14/h5-8,10-11,21H,2-4,9H2,1H3. The molecule has 0 aromatic heterocycles. The number of rotatable bonds is 4. The molecule has 1 heterocycles. The molecule has 2 aromatic carbocycles. The molecule has 3 rings (SSSR count). The molecule has 1 N–H and O–H groups in total. The van der Waals surface area contributed by atoms with Crippen LogP contribution in [0.4, 0.5) is 15.8 Å². The zero-order chi connectivity index (χ0) is 18.9. The van der Waals surface area contributed by atoms with E-state index in [9.17, 15) is 17.6 Å². The van der Waals surface area contributed by atoms with Gasteiger partial charge in [0.2, 0.25) is 5.91 Å². The molecule has 1 aliphatic heterocycles. The van der Waals surface area contributed by atoms with Gasteiger partial charge in [-0.25, -0.2) is 12.8 Å². The van der Waals surface area contributed by atoms with Gasteiger partial charge in [-0.15, -0.1) is 0 Å². The van der Waals surface area contributed by atoms with Crippen molar-refractivity contribution in [2.75, 3.05) is 16.2 Å². The molecule has 0 atom stereocenters. The van der Waals surface area contributed by atoms with Crippen molar-refractivity contribution in [3.8, 4) is 0 Å². The van der Waals surface area contributed by atoms with E-state index in [4.69, 9.17) is 11.6 Å². The van der Waals surface area contributed by atoms with Gasteiger partial charge in [-0.05, 0) is 55.7 Å². The summed E-state index contributed by atoms with van der Waals surface area (Å²) in [6, 6.07) is 8.23. The van der Waals surface area contributed by atoms with Crippen molar-refractivity contribution in [2.24, 2.45) is 0 Å². The Bertz CT molecular complexity index is 963. The Kier molecular flexibility index (Phi) is 5.20. The van der Waals surface area contributed by atoms with Crippen LogP contribution in [0.2, 0.25) is 5.02 Å². The van der Waals surface area contributed by atoms with Gasteiger partial charge >= 0.3 is 0 Å². The maximum Gasteiger partial charge on any atom is 0.261 e.